The van der Waals surface area contributed by atoms with Gasteiger partial charge in [-0.15, -0.1) is 0 Å². The van der Waals surface area contributed by atoms with Gasteiger partial charge in [0.2, 0.25) is 0 Å². The third-order valence-electron chi connectivity index (χ3n) is 3.57. The van der Waals surface area contributed by atoms with Crippen LogP contribution in [0.3, 0.4) is 0 Å². The molecule has 0 amide bonds. The fraction of sp³-hybridized carbons (Fsp3) is 0.615. The predicted molar refractivity (Wildman–Crippen MR) is 75.6 cm³/mol. The second kappa shape index (κ2) is 5.36. The van der Waals surface area contributed by atoms with Gasteiger partial charge in [-0.2, -0.15) is 0 Å². The standard InChI is InChI=1S/C13H20BrN3/c1-4-12-9-17(6-5-16(12)3)13-10(2)7-11(14)8-15-13/h7-8,12H,4-6,9H2,1-3H3. The first-order chi connectivity index (χ1) is 8.11. The second-order valence-electron chi connectivity index (χ2n) is 4.78. The number of halogens is 1. The lowest BCUT2D eigenvalue weighted by molar-refractivity contribution is 0.213. The summed E-state index contributed by atoms with van der Waals surface area (Å²) in [5, 5.41) is 0. The number of aryl methyl sites for hydroxylation is 1. The molecule has 3 nitrogen and oxygen atoms in total. The Bertz CT molecular complexity index is 394. The first kappa shape index (κ1) is 12.8. The fourth-order valence-electron chi connectivity index (χ4n) is 2.44. The van der Waals surface area contributed by atoms with Crippen LogP contribution in [0.15, 0.2) is 16.7 Å². The summed E-state index contributed by atoms with van der Waals surface area (Å²) in [5.74, 6) is 1.14. The van der Waals surface area contributed by atoms with Gasteiger partial charge in [0.05, 0.1) is 0 Å². The zero-order valence-corrected chi connectivity index (χ0v) is 12.4. The van der Waals surface area contributed by atoms with Crippen molar-refractivity contribution in [2.45, 2.75) is 26.3 Å². The summed E-state index contributed by atoms with van der Waals surface area (Å²) in [7, 11) is 2.22. The van der Waals surface area contributed by atoms with E-state index in [1.165, 1.54) is 12.0 Å². The van der Waals surface area contributed by atoms with Gasteiger partial charge in [-0.1, -0.05) is 6.92 Å². The lowest BCUT2D eigenvalue weighted by Crippen LogP contribution is -2.51. The topological polar surface area (TPSA) is 19.4 Å². The summed E-state index contributed by atoms with van der Waals surface area (Å²) in [6.07, 6.45) is 3.09. The number of hydrogen-bond donors (Lipinski definition) is 0. The van der Waals surface area contributed by atoms with Crippen LogP contribution in [0.2, 0.25) is 0 Å². The number of nitrogens with zero attached hydrogens (tertiary/aromatic N) is 3. The number of rotatable bonds is 2. The number of aromatic nitrogens is 1. The van der Waals surface area contributed by atoms with Crippen molar-refractivity contribution in [2.75, 3.05) is 31.6 Å². The van der Waals surface area contributed by atoms with E-state index in [9.17, 15) is 0 Å². The molecule has 0 aromatic carbocycles. The van der Waals surface area contributed by atoms with E-state index >= 15 is 0 Å². The molecule has 1 saturated heterocycles. The summed E-state index contributed by atoms with van der Waals surface area (Å²) in [6, 6.07) is 2.79. The van der Waals surface area contributed by atoms with Crippen molar-refractivity contribution in [1.29, 1.82) is 0 Å². The van der Waals surface area contributed by atoms with Gasteiger partial charge in [0.1, 0.15) is 5.82 Å². The second-order valence-corrected chi connectivity index (χ2v) is 5.70. The van der Waals surface area contributed by atoms with Gasteiger partial charge in [-0.3, -0.25) is 4.90 Å². The van der Waals surface area contributed by atoms with Crippen molar-refractivity contribution < 1.29 is 0 Å². The quantitative estimate of drug-likeness (QED) is 0.837. The van der Waals surface area contributed by atoms with Crippen molar-refractivity contribution in [2.24, 2.45) is 0 Å². The van der Waals surface area contributed by atoms with Crippen molar-refractivity contribution in [3.05, 3.63) is 22.3 Å². The first-order valence-electron chi connectivity index (χ1n) is 6.19. The maximum Gasteiger partial charge on any atom is 0.131 e. The van der Waals surface area contributed by atoms with Gasteiger partial charge in [0, 0.05) is 36.3 Å². The lowest BCUT2D eigenvalue weighted by atomic mass is 10.1. The summed E-state index contributed by atoms with van der Waals surface area (Å²) in [5.41, 5.74) is 1.25. The number of likely N-dealkylation sites (N-methyl/N-ethyl adjacent to an activating group) is 1. The molecule has 0 bridgehead atoms. The maximum absolute atomic E-state index is 4.56. The van der Waals surface area contributed by atoms with Gasteiger partial charge in [-0.05, 0) is 48.0 Å². The highest BCUT2D eigenvalue weighted by Crippen LogP contribution is 2.23. The average molecular weight is 298 g/mol. The minimum Gasteiger partial charge on any atom is -0.354 e. The molecule has 1 unspecified atom stereocenters. The fourth-order valence-corrected chi connectivity index (χ4v) is 2.89. The first-order valence-corrected chi connectivity index (χ1v) is 6.98. The van der Waals surface area contributed by atoms with E-state index in [-0.39, 0.29) is 0 Å². The molecule has 1 aromatic heterocycles. The minimum absolute atomic E-state index is 0.647. The molecule has 2 heterocycles. The van der Waals surface area contributed by atoms with Gasteiger partial charge >= 0.3 is 0 Å². The molecule has 0 radical (unpaired) electrons. The average Bonchev–Trinajstić information content (AvgIpc) is 2.30. The third-order valence-corrected chi connectivity index (χ3v) is 4.00. The smallest absolute Gasteiger partial charge is 0.131 e. The predicted octanol–water partition coefficient (Wildman–Crippen LogP) is 2.68. The van der Waals surface area contributed by atoms with Crippen LogP contribution in [0.4, 0.5) is 5.82 Å². The van der Waals surface area contributed by atoms with Crippen LogP contribution in [-0.4, -0.2) is 42.6 Å². The van der Waals surface area contributed by atoms with Crippen LogP contribution in [0.5, 0.6) is 0 Å². The highest BCUT2D eigenvalue weighted by molar-refractivity contribution is 9.10. The van der Waals surface area contributed by atoms with Gasteiger partial charge in [-0.25, -0.2) is 4.98 Å². The summed E-state index contributed by atoms with van der Waals surface area (Å²) in [6.45, 7) is 7.67. The van der Waals surface area contributed by atoms with Crippen molar-refractivity contribution in [3.8, 4) is 0 Å². The molecule has 94 valence electrons. The van der Waals surface area contributed by atoms with E-state index in [1.54, 1.807) is 0 Å². The molecule has 1 aliphatic heterocycles. The van der Waals surface area contributed by atoms with Crippen LogP contribution >= 0.6 is 15.9 Å². The molecule has 17 heavy (non-hydrogen) atoms. The molecule has 0 saturated carbocycles. The summed E-state index contributed by atoms with van der Waals surface area (Å²) < 4.78 is 1.06. The van der Waals surface area contributed by atoms with Gasteiger partial charge in [0.25, 0.3) is 0 Å². The Morgan fingerprint density at radius 1 is 1.47 bits per heavy atom. The Labute approximate surface area is 112 Å². The number of hydrogen-bond acceptors (Lipinski definition) is 3. The van der Waals surface area contributed by atoms with E-state index in [0.717, 1.165) is 29.9 Å². The molecule has 1 aliphatic rings. The molecule has 0 spiro atoms. The van der Waals surface area contributed by atoms with Crippen LogP contribution < -0.4 is 4.90 Å². The highest BCUT2D eigenvalue weighted by atomic mass is 79.9. The van der Waals surface area contributed by atoms with Crippen LogP contribution in [0, 0.1) is 6.92 Å². The molecule has 0 aliphatic carbocycles. The zero-order valence-electron chi connectivity index (χ0n) is 10.8. The molecule has 1 aromatic rings. The molecule has 1 atom stereocenters. The minimum atomic E-state index is 0.647. The molecule has 0 N–H and O–H groups in total. The van der Waals surface area contributed by atoms with E-state index < -0.39 is 0 Å². The molecular formula is C13H20BrN3. The lowest BCUT2D eigenvalue weighted by Gasteiger charge is -2.40. The van der Waals surface area contributed by atoms with Crippen molar-refractivity contribution in [1.82, 2.24) is 9.88 Å². The molecule has 4 heteroatoms. The Kier molecular flexibility index (Phi) is 4.05. The van der Waals surface area contributed by atoms with Crippen molar-refractivity contribution in [3.63, 3.8) is 0 Å². The molecule has 1 fully saturated rings. The van der Waals surface area contributed by atoms with E-state index in [4.69, 9.17) is 0 Å². The molecule has 2 rings (SSSR count). The summed E-state index contributed by atoms with van der Waals surface area (Å²) >= 11 is 3.47. The highest BCUT2D eigenvalue weighted by Gasteiger charge is 2.24. The Hall–Kier alpha value is -0.610. The Balaban J connectivity index is 2.17. The zero-order chi connectivity index (χ0) is 12.4. The maximum atomic E-state index is 4.56. The Morgan fingerprint density at radius 3 is 2.88 bits per heavy atom. The van der Waals surface area contributed by atoms with Gasteiger partial charge < -0.3 is 4.90 Å². The van der Waals surface area contributed by atoms with Crippen molar-refractivity contribution >= 4 is 21.7 Å². The number of piperazine rings is 1. The number of pyridine rings is 1. The third kappa shape index (κ3) is 2.80. The van der Waals surface area contributed by atoms with E-state index in [1.807, 2.05) is 6.20 Å². The van der Waals surface area contributed by atoms with E-state index in [2.05, 4.69) is 57.7 Å². The normalized spacial score (nSPS) is 21.9. The van der Waals surface area contributed by atoms with Crippen LogP contribution in [0.25, 0.3) is 0 Å². The van der Waals surface area contributed by atoms with Crippen LogP contribution in [0.1, 0.15) is 18.9 Å². The largest absolute Gasteiger partial charge is 0.354 e. The Morgan fingerprint density at radius 2 is 2.24 bits per heavy atom. The monoisotopic (exact) mass is 297 g/mol. The SMILES string of the molecule is CCC1CN(c2ncc(Br)cc2C)CCN1C. The van der Waals surface area contributed by atoms with E-state index in [0.29, 0.717) is 6.04 Å². The van der Waals surface area contributed by atoms with Crippen LogP contribution in [-0.2, 0) is 0 Å². The molecular weight excluding hydrogens is 278 g/mol. The summed E-state index contributed by atoms with van der Waals surface area (Å²) in [4.78, 5) is 9.42. The number of anilines is 1. The van der Waals surface area contributed by atoms with Gasteiger partial charge in [0.15, 0.2) is 0 Å².